The quantitative estimate of drug-likeness (QED) is 0.744. The van der Waals surface area contributed by atoms with Gasteiger partial charge in [0.15, 0.2) is 0 Å². The van der Waals surface area contributed by atoms with Crippen LogP contribution in [0.2, 0.25) is 0 Å². The number of ether oxygens (including phenoxy) is 1. The smallest absolute Gasteiger partial charge is 0.0702 e. The predicted octanol–water partition coefficient (Wildman–Crippen LogP) is 2.25. The predicted molar refractivity (Wildman–Crippen MR) is 73.1 cm³/mol. The Labute approximate surface area is 107 Å². The zero-order valence-corrected chi connectivity index (χ0v) is 11.8. The van der Waals surface area contributed by atoms with Gasteiger partial charge in [-0.3, -0.25) is 4.90 Å². The minimum atomic E-state index is 0.319. The van der Waals surface area contributed by atoms with Crippen molar-refractivity contribution in [3.63, 3.8) is 0 Å². The maximum absolute atomic E-state index is 6.17. The number of nitrogens with zero attached hydrogens (tertiary/aromatic N) is 1. The van der Waals surface area contributed by atoms with E-state index in [0.717, 1.165) is 32.5 Å². The van der Waals surface area contributed by atoms with Gasteiger partial charge in [0.2, 0.25) is 0 Å². The normalized spacial score (nSPS) is 24.2. The summed E-state index contributed by atoms with van der Waals surface area (Å²) in [4.78, 5) is 2.48. The van der Waals surface area contributed by atoms with Gasteiger partial charge in [-0.25, -0.2) is 0 Å². The first-order valence-electron chi connectivity index (χ1n) is 7.21. The number of hydrogen-bond donors (Lipinski definition) is 1. The molecule has 1 rings (SSSR count). The molecule has 2 atom stereocenters. The van der Waals surface area contributed by atoms with E-state index in [1.807, 2.05) is 0 Å². The number of likely N-dealkylation sites (tertiary alicyclic amines) is 1. The number of piperidine rings is 1. The molecule has 2 unspecified atom stereocenters. The molecule has 1 aliphatic rings. The SMILES string of the molecule is CCCOC1CCCN(CC(N)CC(C)C)C1. The number of nitrogens with two attached hydrogens (primary N) is 1. The van der Waals surface area contributed by atoms with E-state index in [2.05, 4.69) is 25.7 Å². The van der Waals surface area contributed by atoms with Gasteiger partial charge in [0, 0.05) is 25.7 Å². The molecule has 1 heterocycles. The van der Waals surface area contributed by atoms with Gasteiger partial charge in [0.1, 0.15) is 0 Å². The van der Waals surface area contributed by atoms with Crippen molar-refractivity contribution >= 4 is 0 Å². The number of rotatable bonds is 7. The average Bonchev–Trinajstić information content (AvgIpc) is 2.25. The van der Waals surface area contributed by atoms with Crippen LogP contribution in [0.15, 0.2) is 0 Å². The van der Waals surface area contributed by atoms with E-state index < -0.39 is 0 Å². The summed E-state index contributed by atoms with van der Waals surface area (Å²) in [6.07, 6.45) is 5.15. The summed E-state index contributed by atoms with van der Waals surface area (Å²) in [6, 6.07) is 0.319. The van der Waals surface area contributed by atoms with Crippen molar-refractivity contribution in [2.45, 2.75) is 58.6 Å². The van der Waals surface area contributed by atoms with Crippen molar-refractivity contribution in [1.29, 1.82) is 0 Å². The van der Waals surface area contributed by atoms with Crippen molar-refractivity contribution in [3.8, 4) is 0 Å². The minimum Gasteiger partial charge on any atom is -0.377 e. The molecule has 0 aromatic heterocycles. The first kappa shape index (κ1) is 14.9. The summed E-state index contributed by atoms with van der Waals surface area (Å²) in [5, 5.41) is 0. The van der Waals surface area contributed by atoms with E-state index in [1.54, 1.807) is 0 Å². The molecule has 0 spiro atoms. The Bertz CT molecular complexity index is 197. The van der Waals surface area contributed by atoms with Crippen molar-refractivity contribution in [2.75, 3.05) is 26.2 Å². The van der Waals surface area contributed by atoms with Crippen molar-refractivity contribution in [3.05, 3.63) is 0 Å². The molecule has 102 valence electrons. The molecule has 0 aliphatic carbocycles. The van der Waals surface area contributed by atoms with E-state index in [-0.39, 0.29) is 0 Å². The van der Waals surface area contributed by atoms with Gasteiger partial charge in [-0.15, -0.1) is 0 Å². The lowest BCUT2D eigenvalue weighted by Gasteiger charge is -2.34. The van der Waals surface area contributed by atoms with Crippen molar-refractivity contribution in [2.24, 2.45) is 11.7 Å². The average molecular weight is 242 g/mol. The molecule has 1 fully saturated rings. The minimum absolute atomic E-state index is 0.319. The molecule has 3 heteroatoms. The van der Waals surface area contributed by atoms with Gasteiger partial charge in [-0.05, 0) is 38.1 Å². The lowest BCUT2D eigenvalue weighted by Crippen LogP contribution is -2.45. The largest absolute Gasteiger partial charge is 0.377 e. The van der Waals surface area contributed by atoms with Crippen LogP contribution >= 0.6 is 0 Å². The Hall–Kier alpha value is -0.120. The van der Waals surface area contributed by atoms with Crippen LogP contribution in [-0.2, 0) is 4.74 Å². The molecule has 0 aromatic rings. The standard InChI is InChI=1S/C14H30N2O/c1-4-8-17-14-6-5-7-16(11-14)10-13(15)9-12(2)3/h12-14H,4-11,15H2,1-3H3. The van der Waals surface area contributed by atoms with Gasteiger partial charge in [-0.2, -0.15) is 0 Å². The summed E-state index contributed by atoms with van der Waals surface area (Å²) in [5.41, 5.74) is 6.17. The first-order valence-corrected chi connectivity index (χ1v) is 7.21. The van der Waals surface area contributed by atoms with Crippen LogP contribution in [-0.4, -0.2) is 43.3 Å². The Morgan fingerprint density at radius 3 is 2.82 bits per heavy atom. The fourth-order valence-corrected chi connectivity index (χ4v) is 2.61. The van der Waals surface area contributed by atoms with Gasteiger partial charge in [-0.1, -0.05) is 20.8 Å². The van der Waals surface area contributed by atoms with E-state index >= 15 is 0 Å². The molecule has 1 saturated heterocycles. The van der Waals surface area contributed by atoms with E-state index in [9.17, 15) is 0 Å². The molecule has 2 N–H and O–H groups in total. The lowest BCUT2D eigenvalue weighted by atomic mass is 10.0. The highest BCUT2D eigenvalue weighted by Gasteiger charge is 2.21. The molecule has 0 radical (unpaired) electrons. The Morgan fingerprint density at radius 1 is 1.41 bits per heavy atom. The number of hydrogen-bond acceptors (Lipinski definition) is 3. The summed E-state index contributed by atoms with van der Waals surface area (Å²) < 4.78 is 5.84. The molecule has 0 saturated carbocycles. The van der Waals surface area contributed by atoms with E-state index in [0.29, 0.717) is 18.1 Å². The van der Waals surface area contributed by atoms with Gasteiger partial charge >= 0.3 is 0 Å². The fraction of sp³-hybridized carbons (Fsp3) is 1.00. The highest BCUT2D eigenvalue weighted by Crippen LogP contribution is 2.14. The second-order valence-electron chi connectivity index (χ2n) is 5.78. The molecule has 17 heavy (non-hydrogen) atoms. The third-order valence-corrected chi connectivity index (χ3v) is 3.29. The summed E-state index contributed by atoms with van der Waals surface area (Å²) in [7, 11) is 0. The lowest BCUT2D eigenvalue weighted by molar-refractivity contribution is -0.00172. The Morgan fingerprint density at radius 2 is 2.18 bits per heavy atom. The summed E-state index contributed by atoms with van der Waals surface area (Å²) >= 11 is 0. The third kappa shape index (κ3) is 6.39. The zero-order chi connectivity index (χ0) is 12.7. The third-order valence-electron chi connectivity index (χ3n) is 3.29. The second-order valence-corrected chi connectivity index (χ2v) is 5.78. The second kappa shape index (κ2) is 8.06. The zero-order valence-electron chi connectivity index (χ0n) is 11.8. The summed E-state index contributed by atoms with van der Waals surface area (Å²) in [6.45, 7) is 10.8. The topological polar surface area (TPSA) is 38.5 Å². The Kier molecular flexibility index (Phi) is 7.09. The van der Waals surface area contributed by atoms with Gasteiger partial charge < -0.3 is 10.5 Å². The van der Waals surface area contributed by atoms with Crippen LogP contribution in [0.25, 0.3) is 0 Å². The Balaban J connectivity index is 2.24. The van der Waals surface area contributed by atoms with Gasteiger partial charge in [0.05, 0.1) is 6.10 Å². The van der Waals surface area contributed by atoms with E-state index in [1.165, 1.54) is 19.4 Å². The maximum atomic E-state index is 6.17. The highest BCUT2D eigenvalue weighted by atomic mass is 16.5. The molecule has 1 aliphatic heterocycles. The maximum Gasteiger partial charge on any atom is 0.0702 e. The molecule has 0 aromatic carbocycles. The van der Waals surface area contributed by atoms with Crippen molar-refractivity contribution in [1.82, 2.24) is 4.90 Å². The molecule has 0 amide bonds. The van der Waals surface area contributed by atoms with Crippen molar-refractivity contribution < 1.29 is 4.74 Å². The van der Waals surface area contributed by atoms with Crippen LogP contribution < -0.4 is 5.73 Å². The summed E-state index contributed by atoms with van der Waals surface area (Å²) in [5.74, 6) is 0.696. The van der Waals surface area contributed by atoms with Crippen LogP contribution in [0.1, 0.15) is 46.5 Å². The van der Waals surface area contributed by atoms with Crippen LogP contribution in [0.3, 0.4) is 0 Å². The molecule has 3 nitrogen and oxygen atoms in total. The van der Waals surface area contributed by atoms with E-state index in [4.69, 9.17) is 10.5 Å². The fourth-order valence-electron chi connectivity index (χ4n) is 2.61. The highest BCUT2D eigenvalue weighted by molar-refractivity contribution is 4.77. The van der Waals surface area contributed by atoms with Crippen LogP contribution in [0, 0.1) is 5.92 Å². The molecular formula is C14H30N2O. The monoisotopic (exact) mass is 242 g/mol. The van der Waals surface area contributed by atoms with Crippen LogP contribution in [0.5, 0.6) is 0 Å². The molecule has 0 bridgehead atoms. The first-order chi connectivity index (χ1) is 8.11. The van der Waals surface area contributed by atoms with Crippen LogP contribution in [0.4, 0.5) is 0 Å². The van der Waals surface area contributed by atoms with Gasteiger partial charge in [0.25, 0.3) is 0 Å². The molecular weight excluding hydrogens is 212 g/mol.